The highest BCUT2D eigenvalue weighted by molar-refractivity contribution is 5.33. The van der Waals surface area contributed by atoms with Gasteiger partial charge in [0.15, 0.2) is 0 Å². The van der Waals surface area contributed by atoms with Gasteiger partial charge in [0.2, 0.25) is 0 Å². The molecule has 1 heterocycles. The van der Waals surface area contributed by atoms with Crippen LogP contribution in [0.4, 0.5) is 5.82 Å². The zero-order valence-corrected chi connectivity index (χ0v) is 8.21. The summed E-state index contributed by atoms with van der Waals surface area (Å²) < 4.78 is 5.38. The number of pyridine rings is 1. The van der Waals surface area contributed by atoms with Gasteiger partial charge in [-0.2, -0.15) is 0 Å². The summed E-state index contributed by atoms with van der Waals surface area (Å²) in [5.41, 5.74) is 0.973. The Balaban J connectivity index is 2.46. The number of hydrogen-bond donors (Lipinski definition) is 1. The van der Waals surface area contributed by atoms with E-state index in [9.17, 15) is 0 Å². The summed E-state index contributed by atoms with van der Waals surface area (Å²) in [4.78, 5) is 4.33. The van der Waals surface area contributed by atoms with Crippen molar-refractivity contribution in [1.29, 1.82) is 0 Å². The Labute approximate surface area is 79.1 Å². The maximum Gasteiger partial charge on any atom is 0.126 e. The number of nitrogens with one attached hydrogen (secondary N) is 1. The van der Waals surface area contributed by atoms with E-state index in [-0.39, 0.29) is 0 Å². The van der Waals surface area contributed by atoms with Crippen molar-refractivity contribution in [3.8, 4) is 0 Å². The first-order valence-corrected chi connectivity index (χ1v) is 4.58. The number of rotatable bonds is 5. The molecule has 3 nitrogen and oxygen atoms in total. The number of ether oxygens (including phenoxy) is 1. The lowest BCUT2D eigenvalue weighted by atomic mass is 10.3. The third-order valence-electron chi connectivity index (χ3n) is 1.66. The highest BCUT2D eigenvalue weighted by atomic mass is 16.5. The van der Waals surface area contributed by atoms with E-state index in [1.165, 1.54) is 0 Å². The minimum atomic E-state index is 0.601. The number of hydrogen-bond acceptors (Lipinski definition) is 3. The van der Waals surface area contributed by atoms with Gasteiger partial charge >= 0.3 is 0 Å². The molecule has 1 N–H and O–H groups in total. The van der Waals surface area contributed by atoms with Gasteiger partial charge in [0.05, 0.1) is 12.3 Å². The van der Waals surface area contributed by atoms with Crippen LogP contribution < -0.4 is 5.32 Å². The molecule has 1 rings (SSSR count). The molecule has 0 bridgehead atoms. The van der Waals surface area contributed by atoms with E-state index in [4.69, 9.17) is 4.74 Å². The lowest BCUT2D eigenvalue weighted by Crippen LogP contribution is -1.99. The molecule has 72 valence electrons. The summed E-state index contributed by atoms with van der Waals surface area (Å²) in [5.74, 6) is 0.887. The van der Waals surface area contributed by atoms with Crippen LogP contribution in [0.1, 0.15) is 19.0 Å². The van der Waals surface area contributed by atoms with Crippen molar-refractivity contribution in [3.63, 3.8) is 0 Å². The van der Waals surface area contributed by atoms with Crippen LogP contribution >= 0.6 is 0 Å². The third-order valence-corrected chi connectivity index (χ3v) is 1.66. The highest BCUT2D eigenvalue weighted by Crippen LogP contribution is 2.04. The quantitative estimate of drug-likeness (QED) is 0.704. The van der Waals surface area contributed by atoms with Crippen LogP contribution in [0.2, 0.25) is 0 Å². The molecule has 0 aliphatic carbocycles. The first-order valence-electron chi connectivity index (χ1n) is 4.58. The fourth-order valence-electron chi connectivity index (χ4n) is 1.02. The Kier molecular flexibility index (Phi) is 4.26. The second-order valence-corrected chi connectivity index (χ2v) is 2.82. The SMILES string of the molecule is CCCOCc1cccc(NC)n1. The van der Waals surface area contributed by atoms with Crippen LogP contribution in [0, 0.1) is 0 Å². The van der Waals surface area contributed by atoms with Gasteiger partial charge in [0.1, 0.15) is 5.82 Å². The summed E-state index contributed by atoms with van der Waals surface area (Å²) in [5, 5.41) is 2.99. The Morgan fingerprint density at radius 1 is 1.46 bits per heavy atom. The van der Waals surface area contributed by atoms with Crippen molar-refractivity contribution in [2.24, 2.45) is 0 Å². The molecule has 0 fully saturated rings. The van der Waals surface area contributed by atoms with E-state index >= 15 is 0 Å². The molecule has 0 spiro atoms. The maximum atomic E-state index is 5.38. The molecule has 0 amide bonds. The van der Waals surface area contributed by atoms with Crippen LogP contribution in [-0.4, -0.2) is 18.6 Å². The van der Waals surface area contributed by atoms with E-state index in [2.05, 4.69) is 17.2 Å². The Morgan fingerprint density at radius 3 is 3.00 bits per heavy atom. The summed E-state index contributed by atoms with van der Waals surface area (Å²) in [6.45, 7) is 3.49. The van der Waals surface area contributed by atoms with Gasteiger partial charge in [-0.25, -0.2) is 4.98 Å². The van der Waals surface area contributed by atoms with Crippen LogP contribution in [0.5, 0.6) is 0 Å². The Bertz CT molecular complexity index is 250. The number of anilines is 1. The molecule has 0 atom stereocenters. The van der Waals surface area contributed by atoms with E-state index in [1.807, 2.05) is 25.2 Å². The van der Waals surface area contributed by atoms with Crippen LogP contribution in [0.15, 0.2) is 18.2 Å². The molecule has 1 aromatic rings. The first-order chi connectivity index (χ1) is 6.36. The molecule has 0 aromatic carbocycles. The molecular weight excluding hydrogens is 164 g/mol. The predicted molar refractivity (Wildman–Crippen MR) is 53.7 cm³/mol. The number of nitrogens with zero attached hydrogens (tertiary/aromatic N) is 1. The first kappa shape index (κ1) is 9.99. The molecule has 0 saturated heterocycles. The van der Waals surface area contributed by atoms with Crippen molar-refractivity contribution < 1.29 is 4.74 Å². The van der Waals surface area contributed by atoms with Crippen molar-refractivity contribution in [1.82, 2.24) is 4.98 Å². The van der Waals surface area contributed by atoms with Gasteiger partial charge in [0, 0.05) is 13.7 Å². The number of aromatic nitrogens is 1. The fourth-order valence-corrected chi connectivity index (χ4v) is 1.02. The Hall–Kier alpha value is -1.09. The molecule has 1 aromatic heterocycles. The van der Waals surface area contributed by atoms with Crippen molar-refractivity contribution in [2.45, 2.75) is 20.0 Å². The molecule has 3 heteroatoms. The van der Waals surface area contributed by atoms with E-state index in [0.29, 0.717) is 6.61 Å². The van der Waals surface area contributed by atoms with Crippen LogP contribution in [-0.2, 0) is 11.3 Å². The lowest BCUT2D eigenvalue weighted by molar-refractivity contribution is 0.119. The van der Waals surface area contributed by atoms with Crippen LogP contribution in [0.3, 0.4) is 0 Å². The minimum Gasteiger partial charge on any atom is -0.375 e. The van der Waals surface area contributed by atoms with Gasteiger partial charge in [-0.1, -0.05) is 13.0 Å². The summed E-state index contributed by atoms with van der Waals surface area (Å²) in [6.07, 6.45) is 1.05. The van der Waals surface area contributed by atoms with Gasteiger partial charge in [-0.3, -0.25) is 0 Å². The van der Waals surface area contributed by atoms with Crippen molar-refractivity contribution >= 4 is 5.82 Å². The van der Waals surface area contributed by atoms with Gasteiger partial charge in [-0.15, -0.1) is 0 Å². The zero-order valence-electron chi connectivity index (χ0n) is 8.21. The maximum absolute atomic E-state index is 5.38. The summed E-state index contributed by atoms with van der Waals surface area (Å²) >= 11 is 0. The third kappa shape index (κ3) is 3.42. The summed E-state index contributed by atoms with van der Waals surface area (Å²) in [6, 6.07) is 5.88. The van der Waals surface area contributed by atoms with Gasteiger partial charge in [-0.05, 0) is 18.6 Å². The van der Waals surface area contributed by atoms with Crippen molar-refractivity contribution in [2.75, 3.05) is 19.0 Å². The lowest BCUT2D eigenvalue weighted by Gasteiger charge is -2.04. The second-order valence-electron chi connectivity index (χ2n) is 2.82. The molecule has 0 saturated carbocycles. The standard InChI is InChI=1S/C10H16N2O/c1-3-7-13-8-9-5-4-6-10(11-2)12-9/h4-6H,3,7-8H2,1-2H3,(H,11,12). The van der Waals surface area contributed by atoms with E-state index < -0.39 is 0 Å². The highest BCUT2D eigenvalue weighted by Gasteiger charge is 1.95. The van der Waals surface area contributed by atoms with E-state index in [1.54, 1.807) is 0 Å². The molecular formula is C10H16N2O. The van der Waals surface area contributed by atoms with Crippen LogP contribution in [0.25, 0.3) is 0 Å². The molecule has 0 aliphatic heterocycles. The smallest absolute Gasteiger partial charge is 0.126 e. The second kappa shape index (κ2) is 5.54. The molecule has 0 unspecified atom stereocenters. The summed E-state index contributed by atoms with van der Waals surface area (Å²) in [7, 11) is 1.86. The molecule has 0 aliphatic rings. The zero-order chi connectivity index (χ0) is 9.52. The fraction of sp³-hybridized carbons (Fsp3) is 0.500. The van der Waals surface area contributed by atoms with E-state index in [0.717, 1.165) is 24.5 Å². The Morgan fingerprint density at radius 2 is 2.31 bits per heavy atom. The van der Waals surface area contributed by atoms with Crippen molar-refractivity contribution in [3.05, 3.63) is 23.9 Å². The monoisotopic (exact) mass is 180 g/mol. The average Bonchev–Trinajstić information content (AvgIpc) is 2.19. The van der Waals surface area contributed by atoms with Gasteiger partial charge in [0.25, 0.3) is 0 Å². The molecule has 0 radical (unpaired) electrons. The van der Waals surface area contributed by atoms with Gasteiger partial charge < -0.3 is 10.1 Å². The average molecular weight is 180 g/mol. The largest absolute Gasteiger partial charge is 0.375 e. The molecule has 13 heavy (non-hydrogen) atoms. The topological polar surface area (TPSA) is 34.1 Å². The normalized spacial score (nSPS) is 10.0. The predicted octanol–water partition coefficient (Wildman–Crippen LogP) is 2.05. The minimum absolute atomic E-state index is 0.601.